The molecule has 0 atom stereocenters. The van der Waals surface area contributed by atoms with Crippen LogP contribution in [0.4, 0.5) is 0 Å². The highest BCUT2D eigenvalue weighted by molar-refractivity contribution is 5.18. The van der Waals surface area contributed by atoms with E-state index in [0.29, 0.717) is 0 Å². The van der Waals surface area contributed by atoms with Crippen molar-refractivity contribution in [1.29, 1.82) is 0 Å². The van der Waals surface area contributed by atoms with Crippen molar-refractivity contribution in [2.24, 2.45) is 0 Å². The summed E-state index contributed by atoms with van der Waals surface area (Å²) in [5.74, 6) is 0. The zero-order chi connectivity index (χ0) is 5.82. The number of hydrogen-bond donors (Lipinski definition) is 0. The molecule has 8 heavy (non-hydrogen) atoms. The first kappa shape index (κ1) is 5.42. The van der Waals surface area contributed by atoms with Gasteiger partial charge in [0.2, 0.25) is 0 Å². The summed E-state index contributed by atoms with van der Waals surface area (Å²) in [4.78, 5) is 0. The lowest BCUT2D eigenvalue weighted by Gasteiger charge is -2.03. The lowest BCUT2D eigenvalue weighted by Crippen LogP contribution is -1.90. The maximum Gasteiger partial charge on any atom is 0.106 e. The molecule has 0 saturated carbocycles. The van der Waals surface area contributed by atoms with Crippen molar-refractivity contribution in [3.05, 3.63) is 24.0 Å². The van der Waals surface area contributed by atoms with Crippen LogP contribution in [0.2, 0.25) is 0 Å². The van der Waals surface area contributed by atoms with E-state index in [1.165, 1.54) is 5.57 Å². The van der Waals surface area contributed by atoms with Gasteiger partial charge in [-0.15, -0.1) is 0 Å². The molecule has 0 bridgehead atoms. The zero-order valence-electron chi connectivity index (χ0n) is 5.05. The summed E-state index contributed by atoms with van der Waals surface area (Å²) in [7, 11) is 0. The van der Waals surface area contributed by atoms with Gasteiger partial charge < -0.3 is 4.74 Å². The van der Waals surface area contributed by atoms with E-state index >= 15 is 0 Å². The Labute approximate surface area is 49.7 Å². The minimum absolute atomic E-state index is 0.750. The fourth-order valence-corrected chi connectivity index (χ4v) is 0.676. The molecule has 0 aliphatic carbocycles. The molecule has 0 fully saturated rings. The van der Waals surface area contributed by atoms with Crippen molar-refractivity contribution in [3.63, 3.8) is 0 Å². The second-order valence-corrected chi connectivity index (χ2v) is 1.77. The minimum atomic E-state index is 0.750. The van der Waals surface area contributed by atoms with Gasteiger partial charge in [0, 0.05) is 0 Å². The van der Waals surface area contributed by atoms with E-state index in [1.54, 1.807) is 6.26 Å². The lowest BCUT2D eigenvalue weighted by molar-refractivity contribution is 0.284. The molecule has 1 rings (SSSR count). The molecule has 1 nitrogen and oxygen atoms in total. The third-order valence-corrected chi connectivity index (χ3v) is 1.23. The molecule has 0 aromatic heterocycles. The van der Waals surface area contributed by atoms with Gasteiger partial charge in [-0.2, -0.15) is 0 Å². The summed E-state index contributed by atoms with van der Waals surface area (Å²) in [6.45, 7) is 2.89. The predicted molar refractivity (Wildman–Crippen MR) is 33.5 cm³/mol. The fraction of sp³-hybridized carbons (Fsp3) is 0.429. The van der Waals surface area contributed by atoms with Crippen molar-refractivity contribution in [3.8, 4) is 0 Å². The van der Waals surface area contributed by atoms with Crippen LogP contribution in [0.15, 0.2) is 24.0 Å². The van der Waals surface area contributed by atoms with Crippen LogP contribution in [-0.2, 0) is 4.74 Å². The van der Waals surface area contributed by atoms with E-state index in [4.69, 9.17) is 4.74 Å². The molecular formula is C7H10O. The van der Waals surface area contributed by atoms with Crippen molar-refractivity contribution in [2.75, 3.05) is 6.61 Å². The van der Waals surface area contributed by atoms with Gasteiger partial charge in [0.1, 0.15) is 6.61 Å². The van der Waals surface area contributed by atoms with Gasteiger partial charge in [0.05, 0.1) is 6.26 Å². The quantitative estimate of drug-likeness (QED) is 0.500. The van der Waals surface area contributed by atoms with Gasteiger partial charge in [-0.3, -0.25) is 0 Å². The molecule has 0 radical (unpaired) electrons. The number of hydrogen-bond acceptors (Lipinski definition) is 1. The molecule has 0 amide bonds. The Morgan fingerprint density at radius 3 is 3.00 bits per heavy atom. The van der Waals surface area contributed by atoms with Crippen LogP contribution in [0.25, 0.3) is 0 Å². The molecule has 0 aromatic rings. The zero-order valence-corrected chi connectivity index (χ0v) is 5.05. The van der Waals surface area contributed by atoms with Gasteiger partial charge in [-0.1, -0.05) is 6.92 Å². The van der Waals surface area contributed by atoms with E-state index in [-0.39, 0.29) is 0 Å². The molecule has 1 aliphatic heterocycles. The summed E-state index contributed by atoms with van der Waals surface area (Å²) in [5.41, 5.74) is 1.37. The van der Waals surface area contributed by atoms with E-state index in [9.17, 15) is 0 Å². The molecule has 0 spiro atoms. The summed E-state index contributed by atoms with van der Waals surface area (Å²) in [6, 6.07) is 0. The van der Waals surface area contributed by atoms with Crippen molar-refractivity contribution < 1.29 is 4.74 Å². The van der Waals surface area contributed by atoms with E-state index in [0.717, 1.165) is 13.0 Å². The number of ether oxygens (including phenoxy) is 1. The Kier molecular flexibility index (Phi) is 1.73. The van der Waals surface area contributed by atoms with E-state index in [2.05, 4.69) is 13.0 Å². The Hall–Kier alpha value is -0.720. The highest BCUT2D eigenvalue weighted by Crippen LogP contribution is 2.05. The summed E-state index contributed by atoms with van der Waals surface area (Å²) < 4.78 is 4.94. The molecule has 44 valence electrons. The number of allylic oxidation sites excluding steroid dienone is 2. The third-order valence-electron chi connectivity index (χ3n) is 1.23. The minimum Gasteiger partial charge on any atom is -0.497 e. The molecule has 1 heterocycles. The highest BCUT2D eigenvalue weighted by atomic mass is 16.5. The summed E-state index contributed by atoms with van der Waals surface area (Å²) in [5, 5.41) is 0. The maximum absolute atomic E-state index is 4.94. The lowest BCUT2D eigenvalue weighted by atomic mass is 10.2. The summed E-state index contributed by atoms with van der Waals surface area (Å²) in [6.07, 6.45) is 6.96. The van der Waals surface area contributed by atoms with Crippen molar-refractivity contribution in [1.82, 2.24) is 0 Å². The van der Waals surface area contributed by atoms with Gasteiger partial charge >= 0.3 is 0 Å². The van der Waals surface area contributed by atoms with Crippen LogP contribution in [0, 0.1) is 0 Å². The van der Waals surface area contributed by atoms with Gasteiger partial charge in [0.25, 0.3) is 0 Å². The topological polar surface area (TPSA) is 9.23 Å². The molecule has 0 aromatic carbocycles. The Morgan fingerprint density at radius 2 is 2.62 bits per heavy atom. The second kappa shape index (κ2) is 2.55. The van der Waals surface area contributed by atoms with Gasteiger partial charge in [0.15, 0.2) is 0 Å². The summed E-state index contributed by atoms with van der Waals surface area (Å²) >= 11 is 0. The molecule has 1 heteroatoms. The predicted octanol–water partition coefficient (Wildman–Crippen LogP) is 1.87. The molecule has 1 aliphatic rings. The van der Waals surface area contributed by atoms with Crippen LogP contribution in [0.1, 0.15) is 13.3 Å². The molecular weight excluding hydrogens is 100 g/mol. The second-order valence-electron chi connectivity index (χ2n) is 1.77. The first-order valence-electron chi connectivity index (χ1n) is 2.90. The standard InChI is InChI=1S/C7H10O/c1-2-7-3-5-8-6-4-7/h3-5H,2,6H2,1H3. The van der Waals surface area contributed by atoms with Crippen LogP contribution in [-0.4, -0.2) is 6.61 Å². The molecule has 0 unspecified atom stereocenters. The Morgan fingerprint density at radius 1 is 1.75 bits per heavy atom. The van der Waals surface area contributed by atoms with Gasteiger partial charge in [-0.05, 0) is 24.1 Å². The maximum atomic E-state index is 4.94. The van der Waals surface area contributed by atoms with Crippen LogP contribution in [0.5, 0.6) is 0 Å². The van der Waals surface area contributed by atoms with Crippen LogP contribution < -0.4 is 0 Å². The average Bonchev–Trinajstić information content (AvgIpc) is 1.90. The molecule has 0 saturated heterocycles. The first-order chi connectivity index (χ1) is 3.93. The largest absolute Gasteiger partial charge is 0.497 e. The fourth-order valence-electron chi connectivity index (χ4n) is 0.676. The smallest absolute Gasteiger partial charge is 0.106 e. The third kappa shape index (κ3) is 1.12. The van der Waals surface area contributed by atoms with E-state index < -0.39 is 0 Å². The Balaban J connectivity index is 2.51. The van der Waals surface area contributed by atoms with Crippen LogP contribution >= 0.6 is 0 Å². The van der Waals surface area contributed by atoms with Crippen LogP contribution in [0.3, 0.4) is 0 Å². The first-order valence-corrected chi connectivity index (χ1v) is 2.90. The Bertz CT molecular complexity index is 122. The van der Waals surface area contributed by atoms with Gasteiger partial charge in [-0.25, -0.2) is 0 Å². The normalized spacial score (nSPS) is 17.4. The molecule has 0 N–H and O–H groups in total. The van der Waals surface area contributed by atoms with Crippen molar-refractivity contribution >= 4 is 0 Å². The SMILES string of the molecule is CCC1=CCOC=C1. The monoisotopic (exact) mass is 110 g/mol. The van der Waals surface area contributed by atoms with Crippen molar-refractivity contribution in [2.45, 2.75) is 13.3 Å². The average molecular weight is 110 g/mol. The number of rotatable bonds is 1. The van der Waals surface area contributed by atoms with E-state index in [1.807, 2.05) is 6.08 Å². The highest BCUT2D eigenvalue weighted by Gasteiger charge is 1.91.